The van der Waals surface area contributed by atoms with Gasteiger partial charge >= 0.3 is 0 Å². The molecule has 0 amide bonds. The summed E-state index contributed by atoms with van der Waals surface area (Å²) in [7, 11) is 3.33. The van der Waals surface area contributed by atoms with Crippen LogP contribution in [0.15, 0.2) is 42.5 Å². The van der Waals surface area contributed by atoms with Gasteiger partial charge in [-0.1, -0.05) is 36.4 Å². The first-order valence-corrected chi connectivity index (χ1v) is 7.46. The highest BCUT2D eigenvalue weighted by Crippen LogP contribution is 2.30. The second kappa shape index (κ2) is 8.25. The van der Waals surface area contributed by atoms with Gasteiger partial charge in [0.25, 0.3) is 0 Å². The number of hydrogen-bond donors (Lipinski definition) is 1. The second-order valence-electron chi connectivity index (χ2n) is 5.05. The van der Waals surface area contributed by atoms with E-state index >= 15 is 0 Å². The molecule has 0 atom stereocenters. The molecule has 2 N–H and O–H groups in total. The van der Waals surface area contributed by atoms with Gasteiger partial charge in [0.2, 0.25) is 0 Å². The number of hydrogen-bond acceptors (Lipinski definition) is 3. The summed E-state index contributed by atoms with van der Waals surface area (Å²) in [6.45, 7) is 0.721. The lowest BCUT2D eigenvalue weighted by atomic mass is 10.0. The minimum atomic E-state index is 0.721. The Hall–Kier alpha value is -2.26. The SMILES string of the molecule is COc1cccc(OC)c1/C=C/c1cccc(CCCN)c1. The lowest BCUT2D eigenvalue weighted by Crippen LogP contribution is -2.00. The Morgan fingerprint density at radius 2 is 1.64 bits per heavy atom. The molecule has 0 radical (unpaired) electrons. The Balaban J connectivity index is 2.25. The van der Waals surface area contributed by atoms with Crippen molar-refractivity contribution in [3.63, 3.8) is 0 Å². The van der Waals surface area contributed by atoms with Crippen LogP contribution in [0.3, 0.4) is 0 Å². The van der Waals surface area contributed by atoms with E-state index in [1.807, 2.05) is 24.3 Å². The molecule has 0 spiro atoms. The van der Waals surface area contributed by atoms with Crippen LogP contribution in [0.1, 0.15) is 23.1 Å². The van der Waals surface area contributed by atoms with Gasteiger partial charge in [0.05, 0.1) is 19.8 Å². The number of ether oxygens (including phenoxy) is 2. The van der Waals surface area contributed by atoms with Crippen LogP contribution in [0.2, 0.25) is 0 Å². The first kappa shape index (κ1) is 16.1. The molecule has 0 saturated heterocycles. The lowest BCUT2D eigenvalue weighted by Gasteiger charge is -2.09. The third-order valence-electron chi connectivity index (χ3n) is 3.53. The van der Waals surface area contributed by atoms with Crippen molar-refractivity contribution in [2.45, 2.75) is 12.8 Å². The fourth-order valence-corrected chi connectivity index (χ4v) is 2.38. The molecule has 0 aliphatic heterocycles. The quantitative estimate of drug-likeness (QED) is 0.791. The largest absolute Gasteiger partial charge is 0.496 e. The van der Waals surface area contributed by atoms with Crippen molar-refractivity contribution in [3.05, 3.63) is 59.2 Å². The molecule has 0 aliphatic rings. The zero-order valence-corrected chi connectivity index (χ0v) is 13.2. The molecule has 2 rings (SSSR count). The average molecular weight is 297 g/mol. The summed E-state index contributed by atoms with van der Waals surface area (Å²) in [6, 6.07) is 14.3. The van der Waals surface area contributed by atoms with E-state index in [4.69, 9.17) is 15.2 Å². The Morgan fingerprint density at radius 3 is 2.27 bits per heavy atom. The average Bonchev–Trinajstić information content (AvgIpc) is 2.58. The third kappa shape index (κ3) is 4.12. The van der Waals surface area contributed by atoms with Crippen molar-refractivity contribution in [1.82, 2.24) is 0 Å². The summed E-state index contributed by atoms with van der Waals surface area (Å²) in [5, 5.41) is 0. The normalized spacial score (nSPS) is 10.9. The van der Waals surface area contributed by atoms with Crippen molar-refractivity contribution in [1.29, 1.82) is 0 Å². The van der Waals surface area contributed by atoms with Crippen LogP contribution < -0.4 is 15.2 Å². The lowest BCUT2D eigenvalue weighted by molar-refractivity contribution is 0.392. The summed E-state index contributed by atoms with van der Waals surface area (Å²) < 4.78 is 10.8. The van der Waals surface area contributed by atoms with Gasteiger partial charge in [0.15, 0.2) is 0 Å². The molecule has 2 aromatic rings. The number of benzene rings is 2. The fraction of sp³-hybridized carbons (Fsp3) is 0.263. The van der Waals surface area contributed by atoms with Crippen LogP contribution in [-0.2, 0) is 6.42 Å². The van der Waals surface area contributed by atoms with Gasteiger partial charge < -0.3 is 15.2 Å². The van der Waals surface area contributed by atoms with E-state index in [1.54, 1.807) is 14.2 Å². The molecule has 3 heteroatoms. The highest BCUT2D eigenvalue weighted by Gasteiger charge is 2.06. The third-order valence-corrected chi connectivity index (χ3v) is 3.53. The molecule has 0 fully saturated rings. The molecule has 2 aromatic carbocycles. The smallest absolute Gasteiger partial charge is 0.129 e. The Labute approximate surface area is 132 Å². The Morgan fingerprint density at radius 1 is 0.955 bits per heavy atom. The Kier molecular flexibility index (Phi) is 6.04. The maximum absolute atomic E-state index is 5.57. The molecule has 0 aliphatic carbocycles. The first-order valence-electron chi connectivity index (χ1n) is 7.46. The predicted octanol–water partition coefficient (Wildman–Crippen LogP) is 3.77. The summed E-state index contributed by atoms with van der Waals surface area (Å²) in [5.41, 5.74) is 8.98. The summed E-state index contributed by atoms with van der Waals surface area (Å²) in [5.74, 6) is 1.60. The monoisotopic (exact) mass is 297 g/mol. The minimum absolute atomic E-state index is 0.721. The van der Waals surface area contributed by atoms with Crippen molar-refractivity contribution >= 4 is 12.2 Å². The first-order chi connectivity index (χ1) is 10.8. The molecular weight excluding hydrogens is 274 g/mol. The molecule has 0 heterocycles. The van der Waals surface area contributed by atoms with E-state index in [0.29, 0.717) is 0 Å². The van der Waals surface area contributed by atoms with Crippen molar-refractivity contribution in [2.24, 2.45) is 5.73 Å². The van der Waals surface area contributed by atoms with Gasteiger partial charge in [-0.05, 0) is 48.7 Å². The molecule has 0 saturated carbocycles. The highest BCUT2D eigenvalue weighted by atomic mass is 16.5. The number of rotatable bonds is 7. The summed E-state index contributed by atoms with van der Waals surface area (Å²) >= 11 is 0. The van der Waals surface area contributed by atoms with Gasteiger partial charge in [0, 0.05) is 0 Å². The van der Waals surface area contributed by atoms with E-state index in [1.165, 1.54) is 5.56 Å². The minimum Gasteiger partial charge on any atom is -0.496 e. The predicted molar refractivity (Wildman–Crippen MR) is 92.3 cm³/mol. The zero-order valence-electron chi connectivity index (χ0n) is 13.2. The van der Waals surface area contributed by atoms with Crippen molar-refractivity contribution < 1.29 is 9.47 Å². The summed E-state index contributed by atoms with van der Waals surface area (Å²) in [6.07, 6.45) is 6.12. The molecule has 22 heavy (non-hydrogen) atoms. The van der Waals surface area contributed by atoms with Gasteiger partial charge in [-0.2, -0.15) is 0 Å². The molecule has 3 nitrogen and oxygen atoms in total. The zero-order chi connectivity index (χ0) is 15.8. The maximum atomic E-state index is 5.57. The van der Waals surface area contributed by atoms with Crippen LogP contribution in [0.25, 0.3) is 12.2 Å². The molecule has 116 valence electrons. The van der Waals surface area contributed by atoms with Gasteiger partial charge in [0.1, 0.15) is 11.5 Å². The van der Waals surface area contributed by atoms with Gasteiger partial charge in [-0.25, -0.2) is 0 Å². The molecular formula is C19H23NO2. The van der Waals surface area contributed by atoms with Crippen LogP contribution in [0, 0.1) is 0 Å². The van der Waals surface area contributed by atoms with Crippen LogP contribution >= 0.6 is 0 Å². The van der Waals surface area contributed by atoms with E-state index in [0.717, 1.165) is 42.0 Å². The fourth-order valence-electron chi connectivity index (χ4n) is 2.38. The van der Waals surface area contributed by atoms with E-state index in [-0.39, 0.29) is 0 Å². The van der Waals surface area contributed by atoms with E-state index in [2.05, 4.69) is 30.3 Å². The maximum Gasteiger partial charge on any atom is 0.129 e. The summed E-state index contributed by atoms with van der Waals surface area (Å²) in [4.78, 5) is 0. The van der Waals surface area contributed by atoms with Crippen LogP contribution in [-0.4, -0.2) is 20.8 Å². The van der Waals surface area contributed by atoms with Crippen molar-refractivity contribution in [3.8, 4) is 11.5 Å². The van der Waals surface area contributed by atoms with Crippen LogP contribution in [0.4, 0.5) is 0 Å². The number of methoxy groups -OCH3 is 2. The van der Waals surface area contributed by atoms with Crippen LogP contribution in [0.5, 0.6) is 11.5 Å². The second-order valence-corrected chi connectivity index (χ2v) is 5.05. The van der Waals surface area contributed by atoms with Gasteiger partial charge in [-0.15, -0.1) is 0 Å². The standard InChI is InChI=1S/C19H23NO2/c1-21-18-9-4-10-19(22-2)17(18)12-11-16-7-3-6-15(14-16)8-5-13-20/h3-4,6-7,9-12,14H,5,8,13,20H2,1-2H3/b12-11+. The highest BCUT2D eigenvalue weighted by molar-refractivity contribution is 5.76. The van der Waals surface area contributed by atoms with Crippen molar-refractivity contribution in [2.75, 3.05) is 20.8 Å². The topological polar surface area (TPSA) is 44.5 Å². The molecule has 0 bridgehead atoms. The number of aryl methyl sites for hydroxylation is 1. The van der Waals surface area contributed by atoms with Gasteiger partial charge in [-0.3, -0.25) is 0 Å². The van der Waals surface area contributed by atoms with E-state index in [9.17, 15) is 0 Å². The van der Waals surface area contributed by atoms with E-state index < -0.39 is 0 Å². The Bertz CT molecular complexity index is 613. The molecule has 0 aromatic heterocycles. The number of nitrogens with two attached hydrogens (primary N) is 1. The molecule has 0 unspecified atom stereocenters.